The molecule has 0 saturated heterocycles. The standard InChI is InChI=1S/C21H20N6O2S2/c1-14-12-22-20(30-14)26-18(28)10-16-9-17(29-8-7-15-5-3-2-4-6-15)11-19(25-16)31-21-23-13-24-27-21/h2-6,9,11-13H,7-8,10H2,1H3,(H,22,26,28)(H,23,24,27). The quantitative estimate of drug-likeness (QED) is 0.396. The van der Waals surface area contributed by atoms with Crippen molar-refractivity contribution in [1.29, 1.82) is 0 Å². The first-order chi connectivity index (χ1) is 15.1. The number of nitrogens with zero attached hydrogens (tertiary/aromatic N) is 4. The first-order valence-corrected chi connectivity index (χ1v) is 11.2. The van der Waals surface area contributed by atoms with Gasteiger partial charge in [-0.05, 0) is 24.2 Å². The second kappa shape index (κ2) is 10.2. The summed E-state index contributed by atoms with van der Waals surface area (Å²) in [5.41, 5.74) is 1.80. The molecule has 31 heavy (non-hydrogen) atoms. The topological polar surface area (TPSA) is 106 Å². The Morgan fingerprint density at radius 2 is 2.10 bits per heavy atom. The van der Waals surface area contributed by atoms with E-state index in [1.54, 1.807) is 12.3 Å². The van der Waals surface area contributed by atoms with Crippen molar-refractivity contribution in [2.75, 3.05) is 11.9 Å². The fourth-order valence-electron chi connectivity index (χ4n) is 2.77. The van der Waals surface area contributed by atoms with Gasteiger partial charge in [-0.1, -0.05) is 30.3 Å². The van der Waals surface area contributed by atoms with Crippen LogP contribution in [0.25, 0.3) is 0 Å². The molecule has 0 aliphatic heterocycles. The van der Waals surface area contributed by atoms with E-state index < -0.39 is 0 Å². The normalized spacial score (nSPS) is 10.7. The molecule has 0 atom stereocenters. The highest BCUT2D eigenvalue weighted by Crippen LogP contribution is 2.27. The van der Waals surface area contributed by atoms with Gasteiger partial charge in [-0.25, -0.2) is 15.0 Å². The van der Waals surface area contributed by atoms with E-state index in [0.29, 0.717) is 33.4 Å². The SMILES string of the molecule is Cc1cnc(NC(=O)Cc2cc(OCCc3ccccc3)cc(Sc3ncn[nH]3)n2)s1. The highest BCUT2D eigenvalue weighted by atomic mass is 32.2. The summed E-state index contributed by atoms with van der Waals surface area (Å²) in [7, 11) is 0. The minimum Gasteiger partial charge on any atom is -0.493 e. The van der Waals surface area contributed by atoms with Crippen LogP contribution in [-0.4, -0.2) is 37.7 Å². The van der Waals surface area contributed by atoms with E-state index in [-0.39, 0.29) is 12.3 Å². The molecule has 10 heteroatoms. The maximum absolute atomic E-state index is 12.5. The lowest BCUT2D eigenvalue weighted by Gasteiger charge is -2.10. The number of H-pyrrole nitrogens is 1. The van der Waals surface area contributed by atoms with Crippen LogP contribution in [0.2, 0.25) is 0 Å². The third-order valence-corrected chi connectivity index (χ3v) is 5.77. The molecule has 0 saturated carbocycles. The summed E-state index contributed by atoms with van der Waals surface area (Å²) in [5, 5.41) is 11.3. The highest BCUT2D eigenvalue weighted by molar-refractivity contribution is 7.99. The van der Waals surface area contributed by atoms with E-state index in [1.807, 2.05) is 31.2 Å². The lowest BCUT2D eigenvalue weighted by molar-refractivity contribution is -0.115. The molecule has 4 rings (SSSR count). The molecule has 0 bridgehead atoms. The molecule has 3 heterocycles. The third kappa shape index (κ3) is 6.37. The number of benzene rings is 1. The Bertz CT molecular complexity index is 1130. The molecule has 0 radical (unpaired) electrons. The Hall–Kier alpha value is -3.24. The van der Waals surface area contributed by atoms with Crippen molar-refractivity contribution in [3.8, 4) is 5.75 Å². The molecule has 0 unspecified atom stereocenters. The summed E-state index contributed by atoms with van der Waals surface area (Å²) in [5.74, 6) is 0.472. The van der Waals surface area contributed by atoms with E-state index in [0.717, 1.165) is 11.3 Å². The van der Waals surface area contributed by atoms with Crippen LogP contribution >= 0.6 is 23.1 Å². The largest absolute Gasteiger partial charge is 0.493 e. The van der Waals surface area contributed by atoms with Crippen LogP contribution in [0.1, 0.15) is 16.1 Å². The summed E-state index contributed by atoms with van der Waals surface area (Å²) in [6.07, 6.45) is 4.06. The van der Waals surface area contributed by atoms with Gasteiger partial charge in [0, 0.05) is 29.6 Å². The minimum atomic E-state index is -0.182. The van der Waals surface area contributed by atoms with Gasteiger partial charge >= 0.3 is 0 Å². The Morgan fingerprint density at radius 1 is 1.23 bits per heavy atom. The number of carbonyl (C=O) groups is 1. The van der Waals surface area contributed by atoms with Crippen LogP contribution in [0, 0.1) is 6.92 Å². The molecule has 0 fully saturated rings. The van der Waals surface area contributed by atoms with E-state index in [1.165, 1.54) is 35.0 Å². The zero-order valence-corrected chi connectivity index (χ0v) is 18.4. The lowest BCUT2D eigenvalue weighted by atomic mass is 10.2. The monoisotopic (exact) mass is 452 g/mol. The van der Waals surface area contributed by atoms with Gasteiger partial charge in [0.2, 0.25) is 5.91 Å². The van der Waals surface area contributed by atoms with Crippen LogP contribution in [0.15, 0.2) is 65.2 Å². The van der Waals surface area contributed by atoms with Gasteiger partial charge in [0.15, 0.2) is 10.3 Å². The van der Waals surface area contributed by atoms with Crippen molar-refractivity contribution in [2.45, 2.75) is 29.9 Å². The number of carbonyl (C=O) groups excluding carboxylic acids is 1. The van der Waals surface area contributed by atoms with E-state index in [4.69, 9.17) is 4.74 Å². The molecule has 158 valence electrons. The number of rotatable bonds is 9. The number of pyridine rings is 1. The van der Waals surface area contributed by atoms with Crippen LogP contribution in [-0.2, 0) is 17.6 Å². The van der Waals surface area contributed by atoms with Crippen LogP contribution in [0.4, 0.5) is 5.13 Å². The number of aryl methyl sites for hydroxylation is 1. The smallest absolute Gasteiger partial charge is 0.232 e. The van der Waals surface area contributed by atoms with E-state index in [9.17, 15) is 4.79 Å². The molecule has 0 aliphatic rings. The molecule has 0 spiro atoms. The van der Waals surface area contributed by atoms with Crippen molar-refractivity contribution in [2.24, 2.45) is 0 Å². The van der Waals surface area contributed by atoms with Gasteiger partial charge in [-0.3, -0.25) is 9.89 Å². The predicted octanol–water partition coefficient (Wildman–Crippen LogP) is 3.92. The van der Waals surface area contributed by atoms with Crippen molar-refractivity contribution in [1.82, 2.24) is 25.1 Å². The zero-order valence-electron chi connectivity index (χ0n) is 16.7. The summed E-state index contributed by atoms with van der Waals surface area (Å²) in [6, 6.07) is 13.8. The first-order valence-electron chi connectivity index (χ1n) is 9.57. The Balaban J connectivity index is 1.46. The van der Waals surface area contributed by atoms with Crippen LogP contribution in [0.5, 0.6) is 5.75 Å². The van der Waals surface area contributed by atoms with Crippen LogP contribution in [0.3, 0.4) is 0 Å². The average molecular weight is 453 g/mol. The van der Waals surface area contributed by atoms with Gasteiger partial charge in [0.05, 0.1) is 18.7 Å². The number of hydrogen-bond donors (Lipinski definition) is 2. The molecule has 1 amide bonds. The number of aromatic nitrogens is 5. The average Bonchev–Trinajstić information content (AvgIpc) is 3.40. The fraction of sp³-hybridized carbons (Fsp3) is 0.190. The number of aromatic amines is 1. The summed E-state index contributed by atoms with van der Waals surface area (Å²) in [4.78, 5) is 26.4. The molecule has 2 N–H and O–H groups in total. The van der Waals surface area contributed by atoms with Crippen molar-refractivity contribution < 1.29 is 9.53 Å². The second-order valence-corrected chi connectivity index (χ2v) is 8.85. The predicted molar refractivity (Wildman–Crippen MR) is 120 cm³/mol. The molecular formula is C21H20N6O2S2. The summed E-state index contributed by atoms with van der Waals surface area (Å²) >= 11 is 2.76. The third-order valence-electron chi connectivity index (χ3n) is 4.13. The Kier molecular flexibility index (Phi) is 6.90. The highest BCUT2D eigenvalue weighted by Gasteiger charge is 2.12. The van der Waals surface area contributed by atoms with Gasteiger partial charge in [0.25, 0.3) is 0 Å². The van der Waals surface area contributed by atoms with Crippen molar-refractivity contribution >= 4 is 34.1 Å². The number of hydrogen-bond acceptors (Lipinski definition) is 8. The van der Waals surface area contributed by atoms with Crippen LogP contribution < -0.4 is 10.1 Å². The molecule has 8 nitrogen and oxygen atoms in total. The lowest BCUT2D eigenvalue weighted by Crippen LogP contribution is -2.15. The summed E-state index contributed by atoms with van der Waals surface area (Å²) < 4.78 is 5.97. The minimum absolute atomic E-state index is 0.110. The zero-order chi connectivity index (χ0) is 21.5. The Morgan fingerprint density at radius 3 is 2.84 bits per heavy atom. The van der Waals surface area contributed by atoms with E-state index in [2.05, 4.69) is 42.6 Å². The van der Waals surface area contributed by atoms with Crippen molar-refractivity contribution in [3.05, 3.63) is 71.1 Å². The van der Waals surface area contributed by atoms with E-state index >= 15 is 0 Å². The van der Waals surface area contributed by atoms with Crippen molar-refractivity contribution in [3.63, 3.8) is 0 Å². The molecule has 1 aromatic carbocycles. The molecule has 4 aromatic rings. The first kappa shape index (κ1) is 21.0. The number of thiazole rings is 1. The maximum Gasteiger partial charge on any atom is 0.232 e. The van der Waals surface area contributed by atoms with Gasteiger partial charge < -0.3 is 10.1 Å². The number of amides is 1. The summed E-state index contributed by atoms with van der Waals surface area (Å²) in [6.45, 7) is 2.46. The van der Waals surface area contributed by atoms with Gasteiger partial charge in [-0.15, -0.1) is 11.3 Å². The molecule has 3 aromatic heterocycles. The second-order valence-electron chi connectivity index (χ2n) is 6.61. The molecular weight excluding hydrogens is 432 g/mol. The van der Waals surface area contributed by atoms with Gasteiger partial charge in [0.1, 0.15) is 17.1 Å². The van der Waals surface area contributed by atoms with Gasteiger partial charge in [-0.2, -0.15) is 5.10 Å². The number of nitrogens with one attached hydrogen (secondary N) is 2. The maximum atomic E-state index is 12.5. The molecule has 0 aliphatic carbocycles. The number of ether oxygens (including phenoxy) is 1. The number of anilines is 1. The Labute approximate surface area is 187 Å². The fourth-order valence-corrected chi connectivity index (χ4v) is 4.19.